The van der Waals surface area contributed by atoms with E-state index in [1.54, 1.807) is 7.11 Å². The molecule has 0 aliphatic heterocycles. The fourth-order valence-corrected chi connectivity index (χ4v) is 3.30. The Balaban J connectivity index is 1.85. The summed E-state index contributed by atoms with van der Waals surface area (Å²) in [5, 5.41) is 12.1. The number of hydrogen-bond acceptors (Lipinski definition) is 2. The van der Waals surface area contributed by atoms with Crippen molar-refractivity contribution in [1.29, 1.82) is 0 Å². The maximum Gasteiger partial charge on any atom is 0.0948 e. The molecule has 0 amide bonds. The second-order valence-electron chi connectivity index (χ2n) is 5.65. The number of methoxy groups -OCH3 is 1. The van der Waals surface area contributed by atoms with E-state index in [2.05, 4.69) is 29.2 Å². The molecule has 3 rings (SSSR count). The highest BCUT2D eigenvalue weighted by Gasteiger charge is 2.39. The van der Waals surface area contributed by atoms with Crippen LogP contribution in [0.3, 0.4) is 0 Å². The zero-order valence-electron chi connectivity index (χ0n) is 11.4. The number of ether oxygens (including phenoxy) is 1. The third-order valence-corrected chi connectivity index (χ3v) is 4.34. The Morgan fingerprint density at radius 3 is 3.11 bits per heavy atom. The van der Waals surface area contributed by atoms with Gasteiger partial charge in [0.2, 0.25) is 0 Å². The highest BCUT2D eigenvalue weighted by atomic mass is 16.5. The Labute approximate surface area is 113 Å². The number of aromatic amines is 1. The van der Waals surface area contributed by atoms with Crippen LogP contribution >= 0.6 is 0 Å². The maximum atomic E-state index is 10.9. The maximum absolute atomic E-state index is 10.9. The van der Waals surface area contributed by atoms with Crippen molar-refractivity contribution in [2.45, 2.75) is 43.8 Å². The molecular weight excluding hydrogens is 238 g/mol. The van der Waals surface area contributed by atoms with E-state index < -0.39 is 5.60 Å². The van der Waals surface area contributed by atoms with Crippen LogP contribution in [-0.2, 0) is 11.2 Å². The average molecular weight is 259 g/mol. The molecule has 1 saturated carbocycles. The summed E-state index contributed by atoms with van der Waals surface area (Å²) in [6, 6.07) is 8.40. The Morgan fingerprint density at radius 1 is 1.37 bits per heavy atom. The number of fused-ring (bicyclic) bond motifs is 1. The third-order valence-electron chi connectivity index (χ3n) is 4.34. The molecule has 2 atom stereocenters. The molecule has 1 aliphatic rings. The predicted octanol–water partition coefficient (Wildman–Crippen LogP) is 3.03. The van der Waals surface area contributed by atoms with Crippen LogP contribution in [0.15, 0.2) is 30.5 Å². The van der Waals surface area contributed by atoms with Crippen LogP contribution in [0, 0.1) is 0 Å². The van der Waals surface area contributed by atoms with Gasteiger partial charge in [0.05, 0.1) is 11.7 Å². The van der Waals surface area contributed by atoms with Gasteiger partial charge in [-0.1, -0.05) is 18.9 Å². The standard InChI is InChI=1S/C16H21NO2/c1-19-15-4-2-3-8-16(15,18)11-12-5-6-14-13(10-12)7-9-17-14/h5-7,9-10,15,17-18H,2-4,8,11H2,1H3. The van der Waals surface area contributed by atoms with Crippen molar-refractivity contribution in [3.63, 3.8) is 0 Å². The summed E-state index contributed by atoms with van der Waals surface area (Å²) in [4.78, 5) is 3.19. The van der Waals surface area contributed by atoms with Crippen molar-refractivity contribution in [3.8, 4) is 0 Å². The zero-order chi connectivity index (χ0) is 13.3. The fraction of sp³-hybridized carbons (Fsp3) is 0.500. The molecular formula is C16H21NO2. The fourth-order valence-electron chi connectivity index (χ4n) is 3.30. The van der Waals surface area contributed by atoms with Crippen LogP contribution in [0.5, 0.6) is 0 Å². The Kier molecular flexibility index (Phi) is 3.33. The molecule has 19 heavy (non-hydrogen) atoms. The third kappa shape index (κ3) is 2.40. The monoisotopic (exact) mass is 259 g/mol. The first kappa shape index (κ1) is 12.7. The molecule has 0 saturated heterocycles. The van der Waals surface area contributed by atoms with Gasteiger partial charge in [0.25, 0.3) is 0 Å². The molecule has 0 radical (unpaired) electrons. The van der Waals surface area contributed by atoms with Gasteiger partial charge in [-0.3, -0.25) is 0 Å². The van der Waals surface area contributed by atoms with Crippen LogP contribution in [0.4, 0.5) is 0 Å². The lowest BCUT2D eigenvalue weighted by Crippen LogP contribution is -2.47. The minimum absolute atomic E-state index is 0.0387. The van der Waals surface area contributed by atoms with Crippen LogP contribution in [-0.4, -0.2) is 28.9 Å². The number of aromatic nitrogens is 1. The number of rotatable bonds is 3. The van der Waals surface area contributed by atoms with E-state index in [0.29, 0.717) is 6.42 Å². The zero-order valence-corrected chi connectivity index (χ0v) is 11.4. The first-order valence-corrected chi connectivity index (χ1v) is 7.02. The highest BCUT2D eigenvalue weighted by Crippen LogP contribution is 2.33. The SMILES string of the molecule is COC1CCCCC1(O)Cc1ccc2[nH]ccc2c1. The number of hydrogen-bond donors (Lipinski definition) is 2. The normalized spacial score (nSPS) is 27.8. The molecule has 3 nitrogen and oxygen atoms in total. The van der Waals surface area contributed by atoms with Crippen LogP contribution in [0.2, 0.25) is 0 Å². The topological polar surface area (TPSA) is 45.2 Å². The molecule has 102 valence electrons. The molecule has 1 fully saturated rings. The summed E-state index contributed by atoms with van der Waals surface area (Å²) < 4.78 is 5.50. The summed E-state index contributed by atoms with van der Waals surface area (Å²) in [6.45, 7) is 0. The summed E-state index contributed by atoms with van der Waals surface area (Å²) in [5.41, 5.74) is 1.61. The molecule has 0 bridgehead atoms. The lowest BCUT2D eigenvalue weighted by Gasteiger charge is -2.39. The predicted molar refractivity (Wildman–Crippen MR) is 76.2 cm³/mol. The van der Waals surface area contributed by atoms with Crippen LogP contribution < -0.4 is 0 Å². The van der Waals surface area contributed by atoms with Crippen LogP contribution in [0.25, 0.3) is 10.9 Å². The summed E-state index contributed by atoms with van der Waals surface area (Å²) in [7, 11) is 1.70. The van der Waals surface area contributed by atoms with E-state index in [1.165, 1.54) is 10.9 Å². The molecule has 1 heterocycles. The van der Waals surface area contributed by atoms with Gasteiger partial charge < -0.3 is 14.8 Å². The van der Waals surface area contributed by atoms with Crippen molar-refractivity contribution < 1.29 is 9.84 Å². The lowest BCUT2D eigenvalue weighted by atomic mass is 9.78. The number of nitrogens with one attached hydrogen (secondary N) is 1. The second-order valence-corrected chi connectivity index (χ2v) is 5.65. The number of H-pyrrole nitrogens is 1. The van der Waals surface area contributed by atoms with Crippen molar-refractivity contribution in [2.24, 2.45) is 0 Å². The first-order chi connectivity index (χ1) is 9.21. The minimum atomic E-state index is -0.711. The van der Waals surface area contributed by atoms with Gasteiger partial charge in [0.15, 0.2) is 0 Å². The van der Waals surface area contributed by atoms with Crippen molar-refractivity contribution in [1.82, 2.24) is 4.98 Å². The molecule has 2 N–H and O–H groups in total. The summed E-state index contributed by atoms with van der Waals surface area (Å²) >= 11 is 0. The van der Waals surface area contributed by atoms with Gasteiger partial charge in [0.1, 0.15) is 0 Å². The summed E-state index contributed by atoms with van der Waals surface area (Å²) in [5.74, 6) is 0. The molecule has 1 aromatic heterocycles. The quantitative estimate of drug-likeness (QED) is 0.890. The molecule has 1 aliphatic carbocycles. The molecule has 3 heteroatoms. The van der Waals surface area contributed by atoms with Gasteiger partial charge in [-0.05, 0) is 42.0 Å². The number of benzene rings is 1. The Bertz CT molecular complexity index is 563. The van der Waals surface area contributed by atoms with Crippen molar-refractivity contribution in [3.05, 3.63) is 36.0 Å². The van der Waals surface area contributed by atoms with E-state index >= 15 is 0 Å². The van der Waals surface area contributed by atoms with Crippen LogP contribution in [0.1, 0.15) is 31.2 Å². The summed E-state index contributed by atoms with van der Waals surface area (Å²) in [6.07, 6.45) is 6.60. The van der Waals surface area contributed by atoms with Gasteiger partial charge in [0, 0.05) is 25.2 Å². The molecule has 1 aromatic carbocycles. The Hall–Kier alpha value is -1.32. The van der Waals surface area contributed by atoms with E-state index in [4.69, 9.17) is 4.74 Å². The lowest BCUT2D eigenvalue weighted by molar-refractivity contribution is -0.116. The van der Waals surface area contributed by atoms with Gasteiger partial charge in [-0.25, -0.2) is 0 Å². The minimum Gasteiger partial charge on any atom is -0.387 e. The second kappa shape index (κ2) is 4.99. The van der Waals surface area contributed by atoms with E-state index in [0.717, 1.165) is 31.2 Å². The highest BCUT2D eigenvalue weighted by molar-refractivity contribution is 5.79. The number of aliphatic hydroxyl groups is 1. The largest absolute Gasteiger partial charge is 0.387 e. The molecule has 2 unspecified atom stereocenters. The van der Waals surface area contributed by atoms with E-state index in [-0.39, 0.29) is 6.10 Å². The van der Waals surface area contributed by atoms with Gasteiger partial charge in [-0.15, -0.1) is 0 Å². The Morgan fingerprint density at radius 2 is 2.26 bits per heavy atom. The average Bonchev–Trinajstić information content (AvgIpc) is 2.86. The molecule has 0 spiro atoms. The first-order valence-electron chi connectivity index (χ1n) is 7.02. The molecule has 2 aromatic rings. The van der Waals surface area contributed by atoms with Crippen molar-refractivity contribution in [2.75, 3.05) is 7.11 Å². The van der Waals surface area contributed by atoms with Crippen molar-refractivity contribution >= 4 is 10.9 Å². The smallest absolute Gasteiger partial charge is 0.0948 e. The van der Waals surface area contributed by atoms with E-state index in [9.17, 15) is 5.11 Å². The van der Waals surface area contributed by atoms with Gasteiger partial charge >= 0.3 is 0 Å². The van der Waals surface area contributed by atoms with Gasteiger partial charge in [-0.2, -0.15) is 0 Å². The van der Waals surface area contributed by atoms with E-state index in [1.807, 2.05) is 6.20 Å².